The molecule has 13 heavy (non-hydrogen) atoms. The highest BCUT2D eigenvalue weighted by Crippen LogP contribution is 2.45. The summed E-state index contributed by atoms with van der Waals surface area (Å²) < 4.78 is 0. The molecule has 4 unspecified atom stereocenters. The van der Waals surface area contributed by atoms with Gasteiger partial charge < -0.3 is 0 Å². The predicted octanol–water partition coefficient (Wildman–Crippen LogP) is 4.49. The maximum Gasteiger partial charge on any atom is -0.0303 e. The Morgan fingerprint density at radius 1 is 1.15 bits per heavy atom. The Hall–Kier alpha value is 0. The fourth-order valence-corrected chi connectivity index (χ4v) is 2.69. The molecule has 0 amide bonds. The van der Waals surface area contributed by atoms with Gasteiger partial charge in [0.2, 0.25) is 0 Å². The molecule has 78 valence electrons. The van der Waals surface area contributed by atoms with Crippen LogP contribution in [-0.2, 0) is 0 Å². The highest BCUT2D eigenvalue weighted by atomic mass is 14.4. The van der Waals surface area contributed by atoms with Crippen LogP contribution in [0.3, 0.4) is 0 Å². The molecule has 1 aliphatic rings. The number of hydrogen-bond acceptors (Lipinski definition) is 0. The molecule has 1 fully saturated rings. The zero-order valence-electron chi connectivity index (χ0n) is 10.1. The molecule has 0 aromatic rings. The van der Waals surface area contributed by atoms with Gasteiger partial charge in [-0.05, 0) is 42.4 Å². The van der Waals surface area contributed by atoms with Gasteiger partial charge in [0.25, 0.3) is 0 Å². The predicted molar refractivity (Wildman–Crippen MR) is 59.7 cm³/mol. The molecule has 0 radical (unpaired) electrons. The van der Waals surface area contributed by atoms with Gasteiger partial charge in [0.1, 0.15) is 0 Å². The molecule has 1 saturated carbocycles. The van der Waals surface area contributed by atoms with Crippen molar-refractivity contribution in [2.75, 3.05) is 0 Å². The quantitative estimate of drug-likeness (QED) is 0.524. The Labute approximate surface area is 84.1 Å². The van der Waals surface area contributed by atoms with Gasteiger partial charge in [0.15, 0.2) is 0 Å². The van der Waals surface area contributed by atoms with E-state index >= 15 is 0 Å². The molecule has 0 aliphatic heterocycles. The van der Waals surface area contributed by atoms with Gasteiger partial charge in [0, 0.05) is 0 Å². The first-order valence-electron chi connectivity index (χ1n) is 5.99. The average molecular weight is 182 g/mol. The topological polar surface area (TPSA) is 0 Å². The first-order valence-corrected chi connectivity index (χ1v) is 5.99. The molecule has 1 rings (SSSR count). The van der Waals surface area contributed by atoms with E-state index in [1.165, 1.54) is 25.7 Å². The zero-order valence-corrected chi connectivity index (χ0v) is 10.1. The first kappa shape index (κ1) is 11.1. The lowest BCUT2D eigenvalue weighted by Crippen LogP contribution is -2.23. The van der Waals surface area contributed by atoms with Crippen LogP contribution in [0.5, 0.6) is 0 Å². The Morgan fingerprint density at radius 3 is 2.31 bits per heavy atom. The van der Waals surface area contributed by atoms with E-state index in [1.54, 1.807) is 0 Å². The minimum Gasteiger partial charge on any atom is -0.0649 e. The molecule has 0 bridgehead atoms. The van der Waals surface area contributed by atoms with E-state index < -0.39 is 0 Å². The van der Waals surface area contributed by atoms with Crippen molar-refractivity contribution in [2.45, 2.75) is 60.3 Å². The van der Waals surface area contributed by atoms with Gasteiger partial charge in [-0.25, -0.2) is 0 Å². The summed E-state index contributed by atoms with van der Waals surface area (Å²) in [5.74, 6) is 2.79. The highest BCUT2D eigenvalue weighted by molar-refractivity contribution is 4.85. The molecule has 1 aliphatic carbocycles. The van der Waals surface area contributed by atoms with Crippen LogP contribution in [-0.4, -0.2) is 0 Å². The molecular formula is C13H26. The zero-order chi connectivity index (χ0) is 10.1. The number of hydrogen-bond donors (Lipinski definition) is 0. The van der Waals surface area contributed by atoms with Crippen molar-refractivity contribution in [3.63, 3.8) is 0 Å². The summed E-state index contributed by atoms with van der Waals surface area (Å²) in [6, 6.07) is 0. The van der Waals surface area contributed by atoms with Crippen molar-refractivity contribution in [1.82, 2.24) is 0 Å². The van der Waals surface area contributed by atoms with Gasteiger partial charge in [-0.15, -0.1) is 0 Å². The van der Waals surface area contributed by atoms with Gasteiger partial charge in [0.05, 0.1) is 0 Å². The lowest BCUT2D eigenvalue weighted by Gasteiger charge is -2.33. The first-order chi connectivity index (χ1) is 5.99. The molecule has 0 aromatic carbocycles. The van der Waals surface area contributed by atoms with Crippen LogP contribution in [0.4, 0.5) is 0 Å². The smallest absolute Gasteiger partial charge is 0.0303 e. The molecule has 0 heteroatoms. The van der Waals surface area contributed by atoms with Crippen molar-refractivity contribution < 1.29 is 0 Å². The molecule has 0 spiro atoms. The van der Waals surface area contributed by atoms with Crippen LogP contribution < -0.4 is 0 Å². The summed E-state index contributed by atoms with van der Waals surface area (Å²) in [6.07, 6.45) is 5.67. The third-order valence-corrected chi connectivity index (χ3v) is 4.86. The minimum atomic E-state index is 0.624. The van der Waals surface area contributed by atoms with Gasteiger partial charge in [-0.2, -0.15) is 0 Å². The molecule has 0 saturated heterocycles. The van der Waals surface area contributed by atoms with E-state index in [4.69, 9.17) is 0 Å². The van der Waals surface area contributed by atoms with Crippen molar-refractivity contribution in [3.8, 4) is 0 Å². The molecule has 0 N–H and O–H groups in total. The van der Waals surface area contributed by atoms with Crippen LogP contribution in [0, 0.1) is 23.2 Å². The van der Waals surface area contributed by atoms with E-state index in [-0.39, 0.29) is 0 Å². The van der Waals surface area contributed by atoms with Crippen molar-refractivity contribution >= 4 is 0 Å². The van der Waals surface area contributed by atoms with Crippen molar-refractivity contribution in [3.05, 3.63) is 0 Å². The third kappa shape index (κ3) is 2.27. The molecule has 0 aromatic heterocycles. The average Bonchev–Trinajstić information content (AvgIpc) is 2.20. The van der Waals surface area contributed by atoms with E-state index in [2.05, 4.69) is 34.6 Å². The highest BCUT2D eigenvalue weighted by Gasteiger charge is 2.34. The van der Waals surface area contributed by atoms with Gasteiger partial charge in [-0.3, -0.25) is 0 Å². The minimum absolute atomic E-state index is 0.624. The number of rotatable bonds is 1. The van der Waals surface area contributed by atoms with Crippen LogP contribution in [0.1, 0.15) is 60.3 Å². The van der Waals surface area contributed by atoms with E-state index in [0.29, 0.717) is 5.41 Å². The second-order valence-electron chi connectivity index (χ2n) is 5.64. The standard InChI is InChI=1S/C13H26/c1-6-13(5)8-7-10(2)11(3)9-12(13)4/h10-12H,6-9H2,1-5H3. The summed E-state index contributed by atoms with van der Waals surface area (Å²) >= 11 is 0. The van der Waals surface area contributed by atoms with Gasteiger partial charge in [-0.1, -0.05) is 41.0 Å². The second kappa shape index (κ2) is 4.02. The fraction of sp³-hybridized carbons (Fsp3) is 1.00. The summed E-state index contributed by atoms with van der Waals surface area (Å²) in [5, 5.41) is 0. The van der Waals surface area contributed by atoms with E-state index in [0.717, 1.165) is 17.8 Å². The summed E-state index contributed by atoms with van der Waals surface area (Å²) in [4.78, 5) is 0. The lowest BCUT2D eigenvalue weighted by atomic mass is 9.72. The molecular weight excluding hydrogens is 156 g/mol. The van der Waals surface area contributed by atoms with Crippen molar-refractivity contribution in [1.29, 1.82) is 0 Å². The second-order valence-corrected chi connectivity index (χ2v) is 5.64. The monoisotopic (exact) mass is 182 g/mol. The Balaban J connectivity index is 2.71. The van der Waals surface area contributed by atoms with Crippen molar-refractivity contribution in [2.24, 2.45) is 23.2 Å². The Kier molecular flexibility index (Phi) is 3.43. The lowest BCUT2D eigenvalue weighted by molar-refractivity contribution is 0.171. The van der Waals surface area contributed by atoms with Crippen LogP contribution in [0.25, 0.3) is 0 Å². The Morgan fingerprint density at radius 2 is 1.77 bits per heavy atom. The normalized spacial score (nSPS) is 47.3. The SMILES string of the molecule is CCC1(C)CCC(C)C(C)CC1C. The van der Waals surface area contributed by atoms with E-state index in [9.17, 15) is 0 Å². The maximum absolute atomic E-state index is 2.49. The summed E-state index contributed by atoms with van der Waals surface area (Å²) in [7, 11) is 0. The largest absolute Gasteiger partial charge is 0.0649 e. The molecule has 0 nitrogen and oxygen atoms in total. The third-order valence-electron chi connectivity index (χ3n) is 4.86. The maximum atomic E-state index is 2.49. The fourth-order valence-electron chi connectivity index (χ4n) is 2.69. The van der Waals surface area contributed by atoms with Gasteiger partial charge >= 0.3 is 0 Å². The van der Waals surface area contributed by atoms with Crippen LogP contribution in [0.2, 0.25) is 0 Å². The van der Waals surface area contributed by atoms with E-state index in [1.807, 2.05) is 0 Å². The summed E-state index contributed by atoms with van der Waals surface area (Å²) in [5.41, 5.74) is 0.624. The van der Waals surface area contributed by atoms with Crippen LogP contribution in [0.15, 0.2) is 0 Å². The Bertz CT molecular complexity index is 161. The molecule has 0 heterocycles. The van der Waals surface area contributed by atoms with Crippen LogP contribution >= 0.6 is 0 Å². The molecule has 4 atom stereocenters. The summed E-state index contributed by atoms with van der Waals surface area (Å²) in [6.45, 7) is 12.2.